The molecule has 1 amide bonds. The van der Waals surface area contributed by atoms with E-state index in [2.05, 4.69) is 29.3 Å². The zero-order valence-electron chi connectivity index (χ0n) is 15.0. The van der Waals surface area contributed by atoms with E-state index in [1.54, 1.807) is 0 Å². The molecule has 0 spiro atoms. The first-order valence-corrected chi connectivity index (χ1v) is 9.31. The largest absolute Gasteiger partial charge is 0.376 e. The van der Waals surface area contributed by atoms with Gasteiger partial charge in [-0.3, -0.25) is 15.1 Å². The van der Waals surface area contributed by atoms with Gasteiger partial charge in [-0.15, -0.1) is 0 Å². The average molecular weight is 332 g/mol. The van der Waals surface area contributed by atoms with Gasteiger partial charge in [0.15, 0.2) is 0 Å². The third-order valence-electron chi connectivity index (χ3n) is 6.23. The van der Waals surface area contributed by atoms with Gasteiger partial charge < -0.3 is 9.64 Å². The van der Waals surface area contributed by atoms with Crippen LogP contribution in [0.25, 0.3) is 0 Å². The summed E-state index contributed by atoms with van der Waals surface area (Å²) in [5.41, 5.74) is 5.46. The maximum absolute atomic E-state index is 13.1. The van der Waals surface area contributed by atoms with Crippen molar-refractivity contribution in [3.63, 3.8) is 0 Å². The van der Waals surface area contributed by atoms with Gasteiger partial charge in [0.2, 0.25) is 6.17 Å². The highest BCUT2D eigenvalue weighted by Gasteiger charge is 2.54. The predicted molar refractivity (Wildman–Crippen MR) is 91.8 cm³/mol. The Morgan fingerprint density at radius 3 is 2.71 bits per heavy atom. The van der Waals surface area contributed by atoms with Crippen molar-refractivity contribution >= 4 is 11.7 Å². The van der Waals surface area contributed by atoms with Crippen molar-refractivity contribution in [2.24, 2.45) is 10.5 Å². The van der Waals surface area contributed by atoms with E-state index in [-0.39, 0.29) is 23.6 Å². The topological polar surface area (TPSA) is 57.2 Å². The molecule has 1 N–H and O–H groups in total. The fourth-order valence-electron chi connectivity index (χ4n) is 4.20. The number of carbonyl (C=O) groups is 1. The minimum atomic E-state index is -0.378. The second kappa shape index (κ2) is 5.76. The summed E-state index contributed by atoms with van der Waals surface area (Å²) in [6.45, 7) is 7.84. The van der Waals surface area contributed by atoms with E-state index >= 15 is 0 Å². The number of amidine groups is 1. The number of hydrazone groups is 1. The molecule has 24 heavy (non-hydrogen) atoms. The van der Waals surface area contributed by atoms with Crippen LogP contribution in [0.1, 0.15) is 59.3 Å². The first-order chi connectivity index (χ1) is 11.6. The normalized spacial score (nSPS) is 31.8. The Labute approximate surface area is 143 Å². The Morgan fingerprint density at radius 2 is 2.08 bits per heavy atom. The van der Waals surface area contributed by atoms with Gasteiger partial charge in [-0.1, -0.05) is 6.92 Å². The molecule has 1 saturated carbocycles. The number of carbonyl (C=O) groups excluding carboxylic acids is 1. The molecule has 132 valence electrons. The molecule has 0 aromatic rings. The molecule has 0 aromatic carbocycles. The SMILES string of the molecule is CCC1(C2=NNC3C(=O)N(C[C@H]4CCCCO4)C(C)=C(C)N23)CC1. The molecule has 6 heteroatoms. The number of nitrogens with zero attached hydrogens (tertiary/aromatic N) is 3. The molecule has 3 aliphatic heterocycles. The molecular weight excluding hydrogens is 304 g/mol. The van der Waals surface area contributed by atoms with Crippen LogP contribution in [-0.2, 0) is 9.53 Å². The fraction of sp³-hybridized carbons (Fsp3) is 0.778. The second-order valence-electron chi connectivity index (χ2n) is 7.58. The van der Waals surface area contributed by atoms with Crippen LogP contribution < -0.4 is 5.43 Å². The zero-order valence-corrected chi connectivity index (χ0v) is 15.0. The Kier molecular flexibility index (Phi) is 3.82. The van der Waals surface area contributed by atoms with Crippen LogP contribution in [0, 0.1) is 5.41 Å². The number of fused-ring (bicyclic) bond motifs is 1. The van der Waals surface area contributed by atoms with Gasteiger partial charge in [-0.2, -0.15) is 5.10 Å². The van der Waals surface area contributed by atoms with E-state index < -0.39 is 0 Å². The molecule has 1 unspecified atom stereocenters. The van der Waals surface area contributed by atoms with Crippen LogP contribution in [0.3, 0.4) is 0 Å². The van der Waals surface area contributed by atoms with E-state index in [0.717, 1.165) is 43.1 Å². The molecule has 0 radical (unpaired) electrons. The third kappa shape index (κ3) is 2.34. The number of nitrogens with one attached hydrogen (secondary N) is 1. The number of allylic oxidation sites excluding steroid dienone is 2. The third-order valence-corrected chi connectivity index (χ3v) is 6.23. The van der Waals surface area contributed by atoms with Crippen molar-refractivity contribution in [2.45, 2.75) is 71.6 Å². The van der Waals surface area contributed by atoms with E-state index in [9.17, 15) is 4.79 Å². The number of hydrogen-bond acceptors (Lipinski definition) is 5. The van der Waals surface area contributed by atoms with Crippen molar-refractivity contribution in [2.75, 3.05) is 13.2 Å². The molecule has 2 fully saturated rings. The summed E-state index contributed by atoms with van der Waals surface area (Å²) in [6, 6.07) is 0. The summed E-state index contributed by atoms with van der Waals surface area (Å²) in [4.78, 5) is 17.1. The number of rotatable bonds is 4. The van der Waals surface area contributed by atoms with Gasteiger partial charge >= 0.3 is 0 Å². The minimum Gasteiger partial charge on any atom is -0.376 e. The Hall–Kier alpha value is -1.56. The van der Waals surface area contributed by atoms with E-state index in [4.69, 9.17) is 4.74 Å². The molecule has 2 atom stereocenters. The van der Waals surface area contributed by atoms with Gasteiger partial charge in [-0.05, 0) is 52.4 Å². The van der Waals surface area contributed by atoms with Crippen LogP contribution in [0.2, 0.25) is 0 Å². The van der Waals surface area contributed by atoms with Gasteiger partial charge in [0.25, 0.3) is 5.91 Å². The average Bonchev–Trinajstić information content (AvgIpc) is 3.28. The maximum Gasteiger partial charge on any atom is 0.272 e. The van der Waals surface area contributed by atoms with Crippen LogP contribution in [0.4, 0.5) is 0 Å². The predicted octanol–water partition coefficient (Wildman–Crippen LogP) is 2.38. The lowest BCUT2D eigenvalue weighted by atomic mass is 9.99. The lowest BCUT2D eigenvalue weighted by Gasteiger charge is -2.41. The van der Waals surface area contributed by atoms with Crippen molar-refractivity contribution in [3.8, 4) is 0 Å². The molecule has 6 nitrogen and oxygen atoms in total. The van der Waals surface area contributed by atoms with Gasteiger partial charge in [0.05, 0.1) is 12.6 Å². The van der Waals surface area contributed by atoms with E-state index in [1.165, 1.54) is 19.3 Å². The van der Waals surface area contributed by atoms with Crippen LogP contribution >= 0.6 is 0 Å². The van der Waals surface area contributed by atoms with Gasteiger partial charge in [0.1, 0.15) is 5.84 Å². The van der Waals surface area contributed by atoms with E-state index in [1.807, 2.05) is 11.8 Å². The molecule has 0 bridgehead atoms. The summed E-state index contributed by atoms with van der Waals surface area (Å²) in [6.07, 6.45) is 6.57. The van der Waals surface area contributed by atoms with E-state index in [0.29, 0.717) is 6.54 Å². The highest BCUT2D eigenvalue weighted by molar-refractivity contribution is 5.99. The Morgan fingerprint density at radius 1 is 1.29 bits per heavy atom. The number of ether oxygens (including phenoxy) is 1. The van der Waals surface area contributed by atoms with Crippen molar-refractivity contribution in [1.82, 2.24) is 15.2 Å². The monoisotopic (exact) mass is 332 g/mol. The minimum absolute atomic E-state index is 0.0953. The van der Waals surface area contributed by atoms with Crippen LogP contribution in [0.5, 0.6) is 0 Å². The molecule has 1 saturated heterocycles. The van der Waals surface area contributed by atoms with Crippen LogP contribution in [0.15, 0.2) is 16.5 Å². The van der Waals surface area contributed by atoms with Crippen molar-refractivity contribution in [1.29, 1.82) is 0 Å². The quantitative estimate of drug-likeness (QED) is 0.859. The molecular formula is C18H28N4O2. The maximum atomic E-state index is 13.1. The standard InChI is InChI=1S/C18H28N4O2/c1-4-18(8-9-18)17-20-19-15-16(23)21(12(2)13(3)22(15)17)11-14-7-5-6-10-24-14/h14-15,19H,4-11H2,1-3H3/t14-,15?/m1/s1. The Balaban J connectivity index is 1.58. The van der Waals surface area contributed by atoms with Crippen LogP contribution in [-0.4, -0.2) is 47.0 Å². The van der Waals surface area contributed by atoms with Gasteiger partial charge in [-0.25, -0.2) is 0 Å². The van der Waals surface area contributed by atoms with Crippen molar-refractivity contribution < 1.29 is 9.53 Å². The first kappa shape index (κ1) is 15.9. The summed E-state index contributed by atoms with van der Waals surface area (Å²) in [7, 11) is 0. The fourth-order valence-corrected chi connectivity index (χ4v) is 4.20. The smallest absolute Gasteiger partial charge is 0.272 e. The van der Waals surface area contributed by atoms with Crippen molar-refractivity contribution in [3.05, 3.63) is 11.4 Å². The first-order valence-electron chi connectivity index (χ1n) is 9.31. The molecule has 1 aliphatic carbocycles. The Bertz CT molecular complexity index is 602. The lowest BCUT2D eigenvalue weighted by Crippen LogP contribution is -2.57. The number of amides is 1. The summed E-state index contributed by atoms with van der Waals surface area (Å²) in [5, 5.41) is 4.58. The highest BCUT2D eigenvalue weighted by atomic mass is 16.5. The lowest BCUT2D eigenvalue weighted by molar-refractivity contribution is -0.137. The second-order valence-corrected chi connectivity index (χ2v) is 7.58. The molecule has 4 aliphatic rings. The molecule has 0 aromatic heterocycles. The summed E-state index contributed by atoms with van der Waals surface area (Å²) < 4.78 is 5.85. The number of hydrogen-bond donors (Lipinski definition) is 1. The zero-order chi connectivity index (χ0) is 16.9. The summed E-state index contributed by atoms with van der Waals surface area (Å²) >= 11 is 0. The molecule has 3 heterocycles. The summed E-state index contributed by atoms with van der Waals surface area (Å²) in [5.74, 6) is 1.16. The highest BCUT2D eigenvalue weighted by Crippen LogP contribution is 2.52. The molecule has 4 rings (SSSR count). The van der Waals surface area contributed by atoms with Gasteiger partial charge in [0, 0.05) is 23.4 Å².